The molecule has 1 aliphatic heterocycles. The number of rotatable bonds is 4. The number of amides is 1. The normalized spacial score (nSPS) is 16.4. The fourth-order valence-corrected chi connectivity index (χ4v) is 2.28. The summed E-state index contributed by atoms with van der Waals surface area (Å²) in [6.07, 6.45) is 1.26. The number of ether oxygens (including phenoxy) is 1. The number of carbonyl (C=O) groups is 1. The van der Waals surface area contributed by atoms with Gasteiger partial charge in [-0.2, -0.15) is 0 Å². The minimum atomic E-state index is -0.713. The zero-order chi connectivity index (χ0) is 14.5. The summed E-state index contributed by atoms with van der Waals surface area (Å²) in [5.41, 5.74) is -0.236. The average molecular weight is 285 g/mol. The summed E-state index contributed by atoms with van der Waals surface area (Å²) in [5, 5.41) is 8.68. The van der Waals surface area contributed by atoms with Gasteiger partial charge in [-0.1, -0.05) is 0 Å². The van der Waals surface area contributed by atoms with Crippen LogP contribution in [-0.2, 0) is 4.74 Å². The van der Waals surface area contributed by atoms with Crippen molar-refractivity contribution in [2.24, 2.45) is 0 Å². The zero-order valence-electron chi connectivity index (χ0n) is 11.0. The number of aliphatic hydroxyl groups excluding tert-OH is 1. The molecule has 110 valence electrons. The Bertz CT molecular complexity index is 473. The lowest BCUT2D eigenvalue weighted by molar-refractivity contribution is -0.00562. The second-order valence-electron chi connectivity index (χ2n) is 4.71. The van der Waals surface area contributed by atoms with E-state index in [-0.39, 0.29) is 24.9 Å². The second-order valence-corrected chi connectivity index (χ2v) is 4.71. The van der Waals surface area contributed by atoms with Crippen LogP contribution in [0.25, 0.3) is 0 Å². The van der Waals surface area contributed by atoms with Crippen molar-refractivity contribution in [1.82, 2.24) is 4.90 Å². The maximum absolute atomic E-state index is 13.6. The third kappa shape index (κ3) is 3.52. The second kappa shape index (κ2) is 6.76. The van der Waals surface area contributed by atoms with E-state index in [1.54, 1.807) is 0 Å². The van der Waals surface area contributed by atoms with Gasteiger partial charge < -0.3 is 14.7 Å². The molecule has 1 fully saturated rings. The molecule has 1 aromatic carbocycles. The molecular weight excluding hydrogens is 268 g/mol. The molecule has 20 heavy (non-hydrogen) atoms. The van der Waals surface area contributed by atoms with E-state index in [1.807, 2.05) is 0 Å². The van der Waals surface area contributed by atoms with E-state index in [0.29, 0.717) is 25.9 Å². The van der Waals surface area contributed by atoms with Gasteiger partial charge in [0, 0.05) is 13.1 Å². The van der Waals surface area contributed by atoms with E-state index < -0.39 is 17.5 Å². The lowest BCUT2D eigenvalue weighted by atomic mass is 10.1. The number of aliphatic hydroxyl groups is 1. The third-order valence-electron chi connectivity index (χ3n) is 3.33. The van der Waals surface area contributed by atoms with Crippen LogP contribution in [0.3, 0.4) is 0 Å². The van der Waals surface area contributed by atoms with Crippen LogP contribution in [0.5, 0.6) is 0 Å². The Morgan fingerprint density at radius 3 is 2.70 bits per heavy atom. The fourth-order valence-electron chi connectivity index (χ4n) is 2.28. The van der Waals surface area contributed by atoms with Crippen LogP contribution in [0.1, 0.15) is 23.2 Å². The molecule has 1 heterocycles. The first-order valence-corrected chi connectivity index (χ1v) is 6.58. The summed E-state index contributed by atoms with van der Waals surface area (Å²) in [4.78, 5) is 13.6. The highest BCUT2D eigenvalue weighted by Crippen LogP contribution is 2.18. The van der Waals surface area contributed by atoms with E-state index in [9.17, 15) is 13.6 Å². The van der Waals surface area contributed by atoms with Crippen molar-refractivity contribution < 1.29 is 23.4 Å². The zero-order valence-corrected chi connectivity index (χ0v) is 11.0. The van der Waals surface area contributed by atoms with Crippen LogP contribution < -0.4 is 0 Å². The van der Waals surface area contributed by atoms with Crippen LogP contribution in [0, 0.1) is 11.6 Å². The molecule has 2 rings (SSSR count). The smallest absolute Gasteiger partial charge is 0.256 e. The Hall–Kier alpha value is -1.53. The highest BCUT2D eigenvalue weighted by Gasteiger charge is 2.25. The van der Waals surface area contributed by atoms with E-state index >= 15 is 0 Å². The Labute approximate surface area is 116 Å². The molecule has 0 spiro atoms. The molecule has 1 saturated heterocycles. The molecule has 1 aromatic rings. The van der Waals surface area contributed by atoms with Crippen molar-refractivity contribution in [3.63, 3.8) is 0 Å². The van der Waals surface area contributed by atoms with Crippen LogP contribution in [0.2, 0.25) is 0 Å². The summed E-state index contributed by atoms with van der Waals surface area (Å²) in [6, 6.07) is 2.87. The number of carbonyl (C=O) groups excluding carboxylic acids is 1. The van der Waals surface area contributed by atoms with Crippen molar-refractivity contribution in [2.45, 2.75) is 18.9 Å². The van der Waals surface area contributed by atoms with Crippen molar-refractivity contribution in [2.75, 3.05) is 26.3 Å². The number of nitrogens with zero attached hydrogens (tertiary/aromatic N) is 1. The molecule has 0 aliphatic carbocycles. The monoisotopic (exact) mass is 285 g/mol. The number of halogens is 2. The van der Waals surface area contributed by atoms with Crippen LogP contribution in [-0.4, -0.2) is 48.3 Å². The molecule has 0 atom stereocenters. The SMILES string of the molecule is O=C(c1cc(F)ccc1F)N1CCC(OCCO)CC1. The molecule has 0 unspecified atom stereocenters. The summed E-state index contributed by atoms with van der Waals surface area (Å²) in [5.74, 6) is -1.84. The molecular formula is C14H17F2NO3. The topological polar surface area (TPSA) is 49.8 Å². The molecule has 4 nitrogen and oxygen atoms in total. The van der Waals surface area contributed by atoms with E-state index in [2.05, 4.69) is 0 Å². The van der Waals surface area contributed by atoms with Crippen molar-refractivity contribution in [3.05, 3.63) is 35.4 Å². The molecule has 0 aromatic heterocycles. The number of benzene rings is 1. The minimum absolute atomic E-state index is 0.00329. The highest BCUT2D eigenvalue weighted by atomic mass is 19.1. The molecule has 1 amide bonds. The van der Waals surface area contributed by atoms with Crippen LogP contribution in [0.4, 0.5) is 8.78 Å². The number of hydrogen-bond acceptors (Lipinski definition) is 3. The molecule has 0 radical (unpaired) electrons. The van der Waals surface area contributed by atoms with E-state index in [1.165, 1.54) is 4.90 Å². The van der Waals surface area contributed by atoms with Gasteiger partial charge in [-0.25, -0.2) is 8.78 Å². The molecule has 0 saturated carbocycles. The van der Waals surface area contributed by atoms with E-state index in [4.69, 9.17) is 9.84 Å². The van der Waals surface area contributed by atoms with Crippen LogP contribution >= 0.6 is 0 Å². The van der Waals surface area contributed by atoms with Gasteiger partial charge in [-0.15, -0.1) is 0 Å². The predicted molar refractivity (Wildman–Crippen MR) is 68.3 cm³/mol. The first kappa shape index (κ1) is 14.9. The maximum atomic E-state index is 13.6. The van der Waals surface area contributed by atoms with E-state index in [0.717, 1.165) is 18.2 Å². The maximum Gasteiger partial charge on any atom is 0.256 e. The fraction of sp³-hybridized carbons (Fsp3) is 0.500. The summed E-state index contributed by atoms with van der Waals surface area (Å²) < 4.78 is 32.0. The number of piperidine rings is 1. The Morgan fingerprint density at radius 1 is 1.35 bits per heavy atom. The Morgan fingerprint density at radius 2 is 2.05 bits per heavy atom. The lowest BCUT2D eigenvalue weighted by Gasteiger charge is -2.32. The van der Waals surface area contributed by atoms with Gasteiger partial charge in [0.05, 0.1) is 24.9 Å². The minimum Gasteiger partial charge on any atom is -0.394 e. The first-order chi connectivity index (χ1) is 9.61. The first-order valence-electron chi connectivity index (χ1n) is 6.58. The lowest BCUT2D eigenvalue weighted by Crippen LogP contribution is -2.41. The molecule has 1 aliphatic rings. The Balaban J connectivity index is 1.96. The molecule has 1 N–H and O–H groups in total. The molecule has 6 heteroatoms. The highest BCUT2D eigenvalue weighted by molar-refractivity contribution is 5.94. The van der Waals surface area contributed by atoms with Crippen LogP contribution in [0.15, 0.2) is 18.2 Å². The summed E-state index contributed by atoms with van der Waals surface area (Å²) in [7, 11) is 0. The Kier molecular flexibility index (Phi) is 5.03. The standard InChI is InChI=1S/C14H17F2NO3/c15-10-1-2-13(16)12(9-10)14(19)17-5-3-11(4-6-17)20-8-7-18/h1-2,9,11,18H,3-8H2. The van der Waals surface area contributed by atoms with Gasteiger partial charge in [0.15, 0.2) is 0 Å². The van der Waals surface area contributed by atoms with Gasteiger partial charge in [-0.05, 0) is 31.0 Å². The van der Waals surface area contributed by atoms with Crippen molar-refractivity contribution >= 4 is 5.91 Å². The van der Waals surface area contributed by atoms with Gasteiger partial charge in [0.25, 0.3) is 5.91 Å². The number of hydrogen-bond donors (Lipinski definition) is 1. The largest absolute Gasteiger partial charge is 0.394 e. The summed E-state index contributed by atoms with van der Waals surface area (Å²) in [6.45, 7) is 1.11. The predicted octanol–water partition coefficient (Wildman–Crippen LogP) is 1.58. The van der Waals surface area contributed by atoms with Gasteiger partial charge in [0.1, 0.15) is 11.6 Å². The van der Waals surface area contributed by atoms with Gasteiger partial charge >= 0.3 is 0 Å². The molecule has 0 bridgehead atoms. The number of likely N-dealkylation sites (tertiary alicyclic amines) is 1. The van der Waals surface area contributed by atoms with Gasteiger partial charge in [-0.3, -0.25) is 4.79 Å². The quantitative estimate of drug-likeness (QED) is 0.913. The van der Waals surface area contributed by atoms with Gasteiger partial charge in [0.2, 0.25) is 0 Å². The average Bonchev–Trinajstić information content (AvgIpc) is 2.47. The van der Waals surface area contributed by atoms with Crippen molar-refractivity contribution in [3.8, 4) is 0 Å². The van der Waals surface area contributed by atoms with Crippen molar-refractivity contribution in [1.29, 1.82) is 0 Å². The summed E-state index contributed by atoms with van der Waals surface area (Å²) >= 11 is 0. The third-order valence-corrected chi connectivity index (χ3v) is 3.33.